The Morgan fingerprint density at radius 2 is 1.35 bits per heavy atom. The van der Waals surface area contributed by atoms with Crippen molar-refractivity contribution in [3.8, 4) is 0 Å². The fraction of sp³-hybridized carbons (Fsp3) is 0.885. The van der Waals surface area contributed by atoms with Crippen LogP contribution in [-0.2, 0) is 14.3 Å². The second-order valence-electron chi connectivity index (χ2n) is 9.17. The van der Waals surface area contributed by atoms with Crippen LogP contribution in [0.1, 0.15) is 117 Å². The van der Waals surface area contributed by atoms with Crippen LogP contribution in [-0.4, -0.2) is 60.5 Å². The minimum absolute atomic E-state index is 0.00515. The normalized spacial score (nSPS) is 12.7. The molecule has 0 saturated carbocycles. The molecule has 0 spiro atoms. The van der Waals surface area contributed by atoms with Crippen LogP contribution < -0.4 is 5.32 Å². The van der Waals surface area contributed by atoms with Gasteiger partial charge in [-0.15, -0.1) is 0 Å². The third-order valence-corrected chi connectivity index (χ3v) is 6.23. The van der Waals surface area contributed by atoms with Gasteiger partial charge in [-0.05, 0) is 19.8 Å². The van der Waals surface area contributed by atoms with E-state index in [1.54, 1.807) is 7.11 Å². The van der Waals surface area contributed by atoms with Gasteiger partial charge in [-0.25, -0.2) is 14.5 Å². The van der Waals surface area contributed by atoms with Gasteiger partial charge >= 0.3 is 12.2 Å². The molecule has 2 N–H and O–H groups in total. The summed E-state index contributed by atoms with van der Waals surface area (Å²) in [5, 5.41) is 11.8. The Hall–Kier alpha value is -1.83. The molecule has 0 aliphatic heterocycles. The van der Waals surface area contributed by atoms with E-state index in [-0.39, 0.29) is 31.7 Å². The van der Waals surface area contributed by atoms with Crippen LogP contribution in [0.4, 0.5) is 9.59 Å². The smallest absolute Gasteiger partial charge is 0.414 e. The maximum atomic E-state index is 12.1. The number of rotatable bonds is 21. The van der Waals surface area contributed by atoms with Gasteiger partial charge in [0.05, 0.1) is 18.8 Å². The average Bonchev–Trinajstić information content (AvgIpc) is 2.80. The lowest BCUT2D eigenvalue weighted by atomic mass is 10.0. The van der Waals surface area contributed by atoms with Gasteiger partial charge in [0.1, 0.15) is 0 Å². The second kappa shape index (κ2) is 21.7. The van der Waals surface area contributed by atoms with Crippen molar-refractivity contribution < 1.29 is 29.0 Å². The molecule has 200 valence electrons. The van der Waals surface area contributed by atoms with Gasteiger partial charge in [-0.2, -0.15) is 0 Å². The highest BCUT2D eigenvalue weighted by Crippen LogP contribution is 2.14. The van der Waals surface area contributed by atoms with Crippen molar-refractivity contribution in [2.45, 2.75) is 129 Å². The van der Waals surface area contributed by atoms with E-state index in [9.17, 15) is 14.4 Å². The van der Waals surface area contributed by atoms with E-state index < -0.39 is 18.1 Å². The summed E-state index contributed by atoms with van der Waals surface area (Å²) in [6, 6.07) is -0.141. The van der Waals surface area contributed by atoms with Gasteiger partial charge < -0.3 is 19.9 Å². The summed E-state index contributed by atoms with van der Waals surface area (Å²) < 4.78 is 10.6. The van der Waals surface area contributed by atoms with Crippen LogP contribution in [0, 0.1) is 0 Å². The molecule has 0 saturated heterocycles. The number of hydrogen-bond donors (Lipinski definition) is 2. The quantitative estimate of drug-likeness (QED) is 0.179. The van der Waals surface area contributed by atoms with Crippen LogP contribution in [0.15, 0.2) is 0 Å². The predicted octanol–water partition coefficient (Wildman–Crippen LogP) is 6.51. The molecule has 3 amide bonds. The number of hydrogen-bond acceptors (Lipinski definition) is 5. The van der Waals surface area contributed by atoms with Crippen LogP contribution in [0.5, 0.6) is 0 Å². The van der Waals surface area contributed by atoms with Crippen molar-refractivity contribution in [1.29, 1.82) is 0 Å². The highest BCUT2D eigenvalue weighted by Gasteiger charge is 2.20. The molecule has 2 unspecified atom stereocenters. The van der Waals surface area contributed by atoms with E-state index >= 15 is 0 Å². The maximum Gasteiger partial charge on any atom is 0.414 e. The van der Waals surface area contributed by atoms with Gasteiger partial charge in [0.15, 0.2) is 0 Å². The predicted molar refractivity (Wildman–Crippen MR) is 135 cm³/mol. The van der Waals surface area contributed by atoms with Crippen LogP contribution in [0.25, 0.3) is 0 Å². The van der Waals surface area contributed by atoms with E-state index in [4.69, 9.17) is 14.6 Å². The zero-order valence-electron chi connectivity index (χ0n) is 22.1. The molecule has 0 fully saturated rings. The highest BCUT2D eigenvalue weighted by molar-refractivity contribution is 5.89. The molecule has 0 aromatic carbocycles. The first-order chi connectivity index (χ1) is 16.3. The van der Waals surface area contributed by atoms with E-state index in [0.717, 1.165) is 19.3 Å². The van der Waals surface area contributed by atoms with Gasteiger partial charge in [0.25, 0.3) is 0 Å². The number of carbonyl (C=O) groups is 3. The van der Waals surface area contributed by atoms with Crippen LogP contribution in [0.2, 0.25) is 0 Å². The van der Waals surface area contributed by atoms with Crippen molar-refractivity contribution in [2.75, 3.05) is 20.3 Å². The number of nitrogens with one attached hydrogen (secondary N) is 1. The number of unbranched alkanes of at least 4 members (excludes halogenated alkanes) is 12. The van der Waals surface area contributed by atoms with Crippen LogP contribution in [0.3, 0.4) is 0 Å². The minimum atomic E-state index is -1.30. The Balaban J connectivity index is 3.93. The number of nitrogens with zero attached hydrogens (tertiary/aromatic N) is 1. The summed E-state index contributed by atoms with van der Waals surface area (Å²) in [5.41, 5.74) is 0. The van der Waals surface area contributed by atoms with E-state index in [2.05, 4.69) is 12.2 Å². The fourth-order valence-corrected chi connectivity index (χ4v) is 3.94. The van der Waals surface area contributed by atoms with Gasteiger partial charge in [0.2, 0.25) is 5.91 Å². The first-order valence-corrected chi connectivity index (χ1v) is 13.3. The summed E-state index contributed by atoms with van der Waals surface area (Å²) in [4.78, 5) is 35.0. The number of amides is 3. The highest BCUT2D eigenvalue weighted by atomic mass is 16.5. The molecule has 0 radical (unpaired) electrons. The molecular formula is C26H50N2O6. The topological polar surface area (TPSA) is 105 Å². The number of ether oxygens (including phenoxy) is 2. The standard InChI is InChI=1S/C26H50N2O6/c1-5-6-7-8-9-10-11-12-13-14-15-16-17-19-24(22(2)33-4)27-25(30)34-21-18-20-28(23(3)29)26(31)32/h22,24H,5-21H2,1-4H3,(H,27,30)(H,31,32). The third-order valence-electron chi connectivity index (χ3n) is 6.23. The summed E-state index contributed by atoms with van der Waals surface area (Å²) in [6.45, 7) is 5.40. The van der Waals surface area contributed by atoms with E-state index in [1.807, 2.05) is 6.92 Å². The van der Waals surface area contributed by atoms with Crippen molar-refractivity contribution in [2.24, 2.45) is 0 Å². The molecule has 0 aliphatic rings. The largest absolute Gasteiger partial charge is 0.465 e. The Morgan fingerprint density at radius 1 is 0.853 bits per heavy atom. The van der Waals surface area contributed by atoms with Crippen molar-refractivity contribution in [3.05, 3.63) is 0 Å². The van der Waals surface area contributed by atoms with Crippen molar-refractivity contribution >= 4 is 18.1 Å². The lowest BCUT2D eigenvalue weighted by molar-refractivity contribution is -0.126. The van der Waals surface area contributed by atoms with Crippen LogP contribution >= 0.6 is 0 Å². The number of carbonyl (C=O) groups excluding carboxylic acids is 2. The van der Waals surface area contributed by atoms with Crippen molar-refractivity contribution in [1.82, 2.24) is 10.2 Å². The molecule has 0 aliphatic carbocycles. The monoisotopic (exact) mass is 486 g/mol. The molecule has 8 nitrogen and oxygen atoms in total. The molecule has 0 aromatic rings. The number of imide groups is 1. The first-order valence-electron chi connectivity index (χ1n) is 13.3. The van der Waals surface area contributed by atoms with E-state index in [0.29, 0.717) is 4.90 Å². The fourth-order valence-electron chi connectivity index (χ4n) is 3.94. The molecule has 0 bridgehead atoms. The average molecular weight is 487 g/mol. The van der Waals surface area contributed by atoms with Gasteiger partial charge in [0, 0.05) is 20.6 Å². The van der Waals surface area contributed by atoms with Gasteiger partial charge in [-0.3, -0.25) is 4.79 Å². The summed E-state index contributed by atoms with van der Waals surface area (Å²) in [5.74, 6) is -0.552. The lowest BCUT2D eigenvalue weighted by Crippen LogP contribution is -2.43. The Labute approximate surface area is 207 Å². The summed E-state index contributed by atoms with van der Waals surface area (Å²) in [7, 11) is 1.62. The number of alkyl carbamates (subject to hydrolysis) is 1. The zero-order chi connectivity index (χ0) is 25.6. The molecule has 0 rings (SSSR count). The summed E-state index contributed by atoms with van der Waals surface area (Å²) in [6.07, 6.45) is 15.9. The molecule has 2 atom stereocenters. The number of methoxy groups -OCH3 is 1. The minimum Gasteiger partial charge on any atom is -0.465 e. The van der Waals surface area contributed by atoms with Crippen molar-refractivity contribution in [3.63, 3.8) is 0 Å². The second-order valence-corrected chi connectivity index (χ2v) is 9.17. The molecule has 0 aromatic heterocycles. The first kappa shape index (κ1) is 32.2. The maximum absolute atomic E-state index is 12.1. The molecular weight excluding hydrogens is 436 g/mol. The molecule has 8 heteroatoms. The zero-order valence-corrected chi connectivity index (χ0v) is 22.1. The van der Waals surface area contributed by atoms with Gasteiger partial charge in [-0.1, -0.05) is 90.4 Å². The summed E-state index contributed by atoms with van der Waals surface area (Å²) >= 11 is 0. The SMILES string of the molecule is CCCCCCCCCCCCCCCC(NC(=O)OCCCN(C(C)=O)C(=O)O)C(C)OC. The Bertz CT molecular complexity index is 529. The molecule has 34 heavy (non-hydrogen) atoms. The molecule has 0 heterocycles. The lowest BCUT2D eigenvalue weighted by Gasteiger charge is -2.24. The Kier molecular flexibility index (Phi) is 20.5. The van der Waals surface area contributed by atoms with E-state index in [1.165, 1.54) is 77.6 Å². The number of carboxylic acid groups (broad SMARTS) is 1. The third kappa shape index (κ3) is 17.6. The Morgan fingerprint density at radius 3 is 1.79 bits per heavy atom.